The fraction of sp³-hybridized carbons (Fsp3) is 0.133. The van der Waals surface area contributed by atoms with Crippen molar-refractivity contribution in [2.24, 2.45) is 7.05 Å². The van der Waals surface area contributed by atoms with Crippen LogP contribution in [-0.4, -0.2) is 9.78 Å². The number of benzene rings is 1. The van der Waals surface area contributed by atoms with Gasteiger partial charge in [0.15, 0.2) is 10.4 Å². The molecule has 0 unspecified atom stereocenters. The lowest BCUT2D eigenvalue weighted by Gasteiger charge is -2.03. The molecule has 2 aromatic heterocycles. The lowest BCUT2D eigenvalue weighted by atomic mass is 10.0. The van der Waals surface area contributed by atoms with E-state index in [2.05, 4.69) is 40.1 Å². The maximum absolute atomic E-state index is 6.16. The van der Waals surface area contributed by atoms with E-state index in [4.69, 9.17) is 10.2 Å². The summed E-state index contributed by atoms with van der Waals surface area (Å²) in [4.78, 5) is 0. The maximum Gasteiger partial charge on any atom is 0.169 e. The van der Waals surface area contributed by atoms with Crippen molar-refractivity contribution in [3.63, 3.8) is 0 Å². The Balaban J connectivity index is 2.21. The van der Waals surface area contributed by atoms with E-state index >= 15 is 0 Å². The van der Waals surface area contributed by atoms with E-state index < -0.39 is 0 Å². The number of nitrogen functional groups attached to an aromatic ring is 1. The van der Waals surface area contributed by atoms with Gasteiger partial charge in [-0.2, -0.15) is 5.10 Å². The summed E-state index contributed by atoms with van der Waals surface area (Å²) in [7, 11) is 1.83. The van der Waals surface area contributed by atoms with Crippen molar-refractivity contribution < 1.29 is 4.42 Å². The molecule has 102 valence electrons. The van der Waals surface area contributed by atoms with Crippen molar-refractivity contribution in [2.75, 3.05) is 5.73 Å². The zero-order chi connectivity index (χ0) is 14.3. The van der Waals surface area contributed by atoms with Crippen molar-refractivity contribution >= 4 is 21.7 Å². The highest BCUT2D eigenvalue weighted by Crippen LogP contribution is 2.37. The average Bonchev–Trinajstić information content (AvgIpc) is 2.97. The van der Waals surface area contributed by atoms with Gasteiger partial charge < -0.3 is 10.2 Å². The highest BCUT2D eigenvalue weighted by Gasteiger charge is 2.19. The quantitative estimate of drug-likeness (QED) is 0.772. The Morgan fingerprint density at radius 2 is 1.85 bits per heavy atom. The van der Waals surface area contributed by atoms with Gasteiger partial charge in [-0.15, -0.1) is 0 Å². The molecule has 20 heavy (non-hydrogen) atoms. The lowest BCUT2D eigenvalue weighted by Crippen LogP contribution is -1.97. The van der Waals surface area contributed by atoms with Gasteiger partial charge >= 0.3 is 0 Å². The van der Waals surface area contributed by atoms with Crippen LogP contribution in [0.3, 0.4) is 0 Å². The molecule has 0 spiro atoms. The number of nitrogens with two attached hydrogens (primary N) is 1. The molecule has 0 aliphatic carbocycles. The highest BCUT2D eigenvalue weighted by atomic mass is 79.9. The molecule has 0 fully saturated rings. The van der Waals surface area contributed by atoms with Gasteiger partial charge in [0.05, 0.1) is 5.56 Å². The summed E-state index contributed by atoms with van der Waals surface area (Å²) in [5, 5.41) is 4.47. The van der Waals surface area contributed by atoms with E-state index in [1.807, 2.05) is 31.3 Å². The molecule has 3 rings (SSSR count). The van der Waals surface area contributed by atoms with E-state index in [1.165, 1.54) is 5.56 Å². The predicted molar refractivity (Wildman–Crippen MR) is 83.2 cm³/mol. The Hall–Kier alpha value is -2.01. The van der Waals surface area contributed by atoms with Crippen LogP contribution < -0.4 is 5.73 Å². The van der Waals surface area contributed by atoms with E-state index in [1.54, 1.807) is 4.68 Å². The summed E-state index contributed by atoms with van der Waals surface area (Å²) in [6, 6.07) is 11.9. The summed E-state index contributed by atoms with van der Waals surface area (Å²) < 4.78 is 7.95. The molecule has 0 radical (unpaired) electrons. The standard InChI is InChI=1S/C15H14BrN3O/c1-9-3-5-10(6-4-9)13-14(18-19(2)15(13)17)11-7-8-12(16)20-11/h3-8H,17H2,1-2H3. The van der Waals surface area contributed by atoms with Gasteiger partial charge in [0, 0.05) is 7.05 Å². The number of hydrogen-bond donors (Lipinski definition) is 1. The minimum atomic E-state index is 0.622. The van der Waals surface area contributed by atoms with E-state index in [0.717, 1.165) is 16.8 Å². The van der Waals surface area contributed by atoms with Crippen LogP contribution in [0, 0.1) is 6.92 Å². The molecule has 1 aromatic carbocycles. The first-order valence-electron chi connectivity index (χ1n) is 6.21. The monoisotopic (exact) mass is 331 g/mol. The summed E-state index contributed by atoms with van der Waals surface area (Å²) in [5.41, 5.74) is 10.1. The maximum atomic E-state index is 6.16. The normalized spacial score (nSPS) is 10.9. The molecule has 5 heteroatoms. The first kappa shape index (κ1) is 13.0. The minimum absolute atomic E-state index is 0.622. The molecular formula is C15H14BrN3O. The van der Waals surface area contributed by atoms with Crippen LogP contribution >= 0.6 is 15.9 Å². The van der Waals surface area contributed by atoms with Crippen molar-refractivity contribution in [1.82, 2.24) is 9.78 Å². The second-order valence-corrected chi connectivity index (χ2v) is 5.48. The average molecular weight is 332 g/mol. The molecule has 0 atom stereocenters. The van der Waals surface area contributed by atoms with Crippen molar-refractivity contribution in [2.45, 2.75) is 6.92 Å². The van der Waals surface area contributed by atoms with Gasteiger partial charge in [0.2, 0.25) is 0 Å². The Morgan fingerprint density at radius 1 is 1.15 bits per heavy atom. The van der Waals surface area contributed by atoms with Gasteiger partial charge in [-0.25, -0.2) is 0 Å². The zero-order valence-corrected chi connectivity index (χ0v) is 12.8. The Kier molecular flexibility index (Phi) is 3.14. The zero-order valence-electron chi connectivity index (χ0n) is 11.2. The van der Waals surface area contributed by atoms with Crippen LogP contribution in [0.4, 0.5) is 5.82 Å². The summed E-state index contributed by atoms with van der Waals surface area (Å²) >= 11 is 3.31. The summed E-state index contributed by atoms with van der Waals surface area (Å²) in [6.07, 6.45) is 0. The van der Waals surface area contributed by atoms with Crippen LogP contribution in [0.15, 0.2) is 45.5 Å². The number of aryl methyl sites for hydroxylation is 2. The first-order valence-corrected chi connectivity index (χ1v) is 7.01. The summed E-state index contributed by atoms with van der Waals surface area (Å²) in [6.45, 7) is 2.06. The Bertz CT molecular complexity index is 756. The predicted octanol–water partition coefficient (Wildman–Crippen LogP) is 4.00. The van der Waals surface area contributed by atoms with Gasteiger partial charge in [-0.1, -0.05) is 29.8 Å². The SMILES string of the molecule is Cc1ccc(-c2c(-c3ccc(Br)o3)nn(C)c2N)cc1. The number of furan rings is 1. The first-order chi connectivity index (χ1) is 9.56. The van der Waals surface area contributed by atoms with Crippen LogP contribution in [0.1, 0.15) is 5.56 Å². The molecule has 3 aromatic rings. The number of nitrogens with zero attached hydrogens (tertiary/aromatic N) is 2. The second-order valence-electron chi connectivity index (χ2n) is 4.70. The van der Waals surface area contributed by atoms with Crippen LogP contribution in [0.25, 0.3) is 22.6 Å². The third-order valence-corrected chi connectivity index (χ3v) is 3.66. The van der Waals surface area contributed by atoms with Gasteiger partial charge in [0.1, 0.15) is 11.5 Å². The lowest BCUT2D eigenvalue weighted by molar-refractivity contribution is 0.552. The molecule has 0 amide bonds. The van der Waals surface area contributed by atoms with Gasteiger partial charge in [-0.05, 0) is 40.5 Å². The highest BCUT2D eigenvalue weighted by molar-refractivity contribution is 9.10. The second kappa shape index (κ2) is 4.83. The minimum Gasteiger partial charge on any atom is -0.448 e. The molecular weight excluding hydrogens is 318 g/mol. The number of rotatable bonds is 2. The molecule has 0 bridgehead atoms. The van der Waals surface area contributed by atoms with Crippen molar-refractivity contribution in [3.05, 3.63) is 46.6 Å². The molecule has 0 aliphatic rings. The van der Waals surface area contributed by atoms with Crippen molar-refractivity contribution in [3.8, 4) is 22.6 Å². The van der Waals surface area contributed by atoms with Gasteiger partial charge in [0.25, 0.3) is 0 Å². The molecule has 0 saturated heterocycles. The molecule has 2 heterocycles. The van der Waals surface area contributed by atoms with Gasteiger partial charge in [-0.3, -0.25) is 4.68 Å². The number of hydrogen-bond acceptors (Lipinski definition) is 3. The number of halogens is 1. The smallest absolute Gasteiger partial charge is 0.169 e. The number of aromatic nitrogens is 2. The number of anilines is 1. The van der Waals surface area contributed by atoms with Crippen LogP contribution in [0.5, 0.6) is 0 Å². The fourth-order valence-corrected chi connectivity index (χ4v) is 2.46. The van der Waals surface area contributed by atoms with Crippen LogP contribution in [-0.2, 0) is 7.05 Å². The molecule has 4 nitrogen and oxygen atoms in total. The third kappa shape index (κ3) is 2.14. The van der Waals surface area contributed by atoms with Crippen LogP contribution in [0.2, 0.25) is 0 Å². The summed E-state index contributed by atoms with van der Waals surface area (Å²) in [5.74, 6) is 1.32. The largest absolute Gasteiger partial charge is 0.448 e. The molecule has 0 saturated carbocycles. The van der Waals surface area contributed by atoms with E-state index in [-0.39, 0.29) is 0 Å². The molecule has 2 N–H and O–H groups in total. The fourth-order valence-electron chi connectivity index (χ4n) is 2.16. The Morgan fingerprint density at radius 3 is 2.45 bits per heavy atom. The van der Waals surface area contributed by atoms with Crippen molar-refractivity contribution in [1.29, 1.82) is 0 Å². The molecule has 0 aliphatic heterocycles. The topological polar surface area (TPSA) is 57.0 Å². The van der Waals surface area contributed by atoms with E-state index in [9.17, 15) is 0 Å². The Labute approximate surface area is 125 Å². The third-order valence-electron chi connectivity index (χ3n) is 3.24. The van der Waals surface area contributed by atoms with E-state index in [0.29, 0.717) is 16.2 Å².